The second kappa shape index (κ2) is 8.57. The number of ketones is 1. The van der Waals surface area contributed by atoms with Crippen molar-refractivity contribution < 1.29 is 19.1 Å². The fraction of sp³-hybridized carbons (Fsp3) is 0.294. The minimum absolute atomic E-state index is 0.0156. The lowest BCUT2D eigenvalue weighted by molar-refractivity contribution is -0.113. The van der Waals surface area contributed by atoms with Crippen molar-refractivity contribution in [3.63, 3.8) is 0 Å². The van der Waals surface area contributed by atoms with Crippen molar-refractivity contribution in [3.8, 4) is 0 Å². The smallest absolute Gasteiger partial charge is 0.341 e. The summed E-state index contributed by atoms with van der Waals surface area (Å²) in [7, 11) is 0. The number of ether oxygens (including phenoxy) is 1. The van der Waals surface area contributed by atoms with Crippen molar-refractivity contribution in [1.82, 2.24) is 19.9 Å². The van der Waals surface area contributed by atoms with E-state index in [-0.39, 0.29) is 40.4 Å². The average Bonchev–Trinajstić information content (AvgIpc) is 3.22. The maximum Gasteiger partial charge on any atom is 0.341 e. The van der Waals surface area contributed by atoms with Crippen LogP contribution in [0.25, 0.3) is 11.2 Å². The third-order valence-corrected chi connectivity index (χ3v) is 6.02. The molecule has 4 N–H and O–H groups in total. The van der Waals surface area contributed by atoms with E-state index < -0.39 is 5.97 Å². The number of fused-ring (bicyclic) bond motifs is 1. The molecule has 0 spiro atoms. The Morgan fingerprint density at radius 3 is 2.76 bits per heavy atom. The molecule has 3 aromatic rings. The summed E-state index contributed by atoms with van der Waals surface area (Å²) in [5.41, 5.74) is 7.36. The molecule has 0 fully saturated rings. The third kappa shape index (κ3) is 4.38. The van der Waals surface area contributed by atoms with Crippen LogP contribution < -0.4 is 11.1 Å². The quantitative estimate of drug-likeness (QED) is 0.289. The molecule has 0 unspecified atom stereocenters. The lowest BCUT2D eigenvalue weighted by Crippen LogP contribution is -2.16. The molecule has 3 heterocycles. The van der Waals surface area contributed by atoms with Crippen LogP contribution in [0.5, 0.6) is 0 Å². The molecule has 3 rings (SSSR count). The van der Waals surface area contributed by atoms with Gasteiger partial charge in [0.2, 0.25) is 5.91 Å². The number of amides is 1. The third-order valence-electron chi connectivity index (χ3n) is 3.83. The molecule has 0 aliphatic heterocycles. The van der Waals surface area contributed by atoms with E-state index in [0.717, 1.165) is 23.1 Å². The number of aromatic nitrogens is 4. The highest BCUT2D eigenvalue weighted by Gasteiger charge is 2.25. The molecule has 10 nitrogen and oxygen atoms in total. The van der Waals surface area contributed by atoms with Crippen molar-refractivity contribution in [3.05, 3.63) is 22.3 Å². The summed E-state index contributed by atoms with van der Waals surface area (Å²) in [6, 6.07) is 0. The first-order chi connectivity index (χ1) is 13.8. The van der Waals surface area contributed by atoms with Gasteiger partial charge >= 0.3 is 5.97 Å². The Balaban J connectivity index is 1.75. The fourth-order valence-electron chi connectivity index (χ4n) is 2.58. The van der Waals surface area contributed by atoms with Crippen LogP contribution in [-0.4, -0.2) is 50.0 Å². The Morgan fingerprint density at radius 2 is 2.10 bits per heavy atom. The van der Waals surface area contributed by atoms with Crippen molar-refractivity contribution in [1.29, 1.82) is 0 Å². The molecule has 0 saturated heterocycles. The van der Waals surface area contributed by atoms with E-state index in [1.165, 1.54) is 13.3 Å². The van der Waals surface area contributed by atoms with Crippen LogP contribution in [0.3, 0.4) is 0 Å². The van der Waals surface area contributed by atoms with Gasteiger partial charge in [-0.05, 0) is 26.3 Å². The Hall–Kier alpha value is -2.99. The van der Waals surface area contributed by atoms with Gasteiger partial charge in [-0.3, -0.25) is 9.59 Å². The molecule has 0 saturated carbocycles. The second-order valence-electron chi connectivity index (χ2n) is 5.87. The number of hydrogen-bond acceptors (Lipinski definition) is 10. The molecule has 1 amide bonds. The number of imidazole rings is 1. The molecule has 0 radical (unpaired) electrons. The maximum atomic E-state index is 12.4. The minimum Gasteiger partial charge on any atom is -0.462 e. The molecule has 0 aromatic carbocycles. The van der Waals surface area contributed by atoms with Crippen LogP contribution in [0.4, 0.5) is 10.8 Å². The molecular weight excluding hydrogens is 416 g/mol. The van der Waals surface area contributed by atoms with Crippen molar-refractivity contribution >= 4 is 62.7 Å². The topological polar surface area (TPSA) is 153 Å². The number of aromatic amines is 1. The van der Waals surface area contributed by atoms with Crippen molar-refractivity contribution in [2.24, 2.45) is 0 Å². The molecule has 3 aromatic heterocycles. The Morgan fingerprint density at radius 1 is 1.34 bits per heavy atom. The zero-order chi connectivity index (χ0) is 21.1. The zero-order valence-corrected chi connectivity index (χ0v) is 17.5. The zero-order valence-electron chi connectivity index (χ0n) is 15.9. The largest absolute Gasteiger partial charge is 0.462 e. The van der Waals surface area contributed by atoms with Crippen LogP contribution in [0.2, 0.25) is 0 Å². The van der Waals surface area contributed by atoms with Crippen molar-refractivity contribution in [2.75, 3.05) is 23.4 Å². The number of anilines is 2. The van der Waals surface area contributed by atoms with Crippen LogP contribution in [-0.2, 0) is 9.53 Å². The number of thiophene rings is 1. The van der Waals surface area contributed by atoms with Crippen LogP contribution in [0.15, 0.2) is 11.5 Å². The number of hydrogen-bond donors (Lipinski definition) is 3. The Kier molecular flexibility index (Phi) is 6.13. The molecular formula is C17H18N6O4S2. The highest BCUT2D eigenvalue weighted by Crippen LogP contribution is 2.34. The van der Waals surface area contributed by atoms with Gasteiger partial charge in [0.15, 0.2) is 22.4 Å². The lowest BCUT2D eigenvalue weighted by Gasteiger charge is -2.06. The van der Waals surface area contributed by atoms with Gasteiger partial charge < -0.3 is 20.8 Å². The lowest BCUT2D eigenvalue weighted by atomic mass is 10.1. The normalized spacial score (nSPS) is 10.9. The minimum atomic E-state index is -0.581. The predicted molar refractivity (Wildman–Crippen MR) is 110 cm³/mol. The Labute approximate surface area is 173 Å². The number of esters is 1. The van der Waals surface area contributed by atoms with Gasteiger partial charge in [0.1, 0.15) is 16.8 Å². The van der Waals surface area contributed by atoms with E-state index in [9.17, 15) is 14.4 Å². The first-order valence-corrected chi connectivity index (χ1v) is 10.3. The summed E-state index contributed by atoms with van der Waals surface area (Å²) in [5, 5.41) is 3.44. The van der Waals surface area contributed by atoms with Crippen LogP contribution in [0.1, 0.15) is 39.4 Å². The molecule has 0 aliphatic rings. The number of nitrogen functional groups attached to an aromatic ring is 1. The van der Waals surface area contributed by atoms with E-state index in [4.69, 9.17) is 10.5 Å². The van der Waals surface area contributed by atoms with E-state index >= 15 is 0 Å². The van der Waals surface area contributed by atoms with Crippen LogP contribution in [0, 0.1) is 6.92 Å². The first-order valence-electron chi connectivity index (χ1n) is 8.52. The first kappa shape index (κ1) is 20.7. The summed E-state index contributed by atoms with van der Waals surface area (Å²) in [6.07, 6.45) is 1.31. The number of nitrogens with two attached hydrogens (primary N) is 1. The van der Waals surface area contributed by atoms with E-state index in [0.29, 0.717) is 26.8 Å². The van der Waals surface area contributed by atoms with Gasteiger partial charge in [0, 0.05) is 0 Å². The summed E-state index contributed by atoms with van der Waals surface area (Å²) in [5.74, 6) is -0.848. The predicted octanol–water partition coefficient (Wildman–Crippen LogP) is 2.42. The Bertz CT molecular complexity index is 1110. The summed E-state index contributed by atoms with van der Waals surface area (Å²) in [4.78, 5) is 52.0. The number of thioether (sulfide) groups is 1. The number of Topliss-reactive ketones (excluding diaryl/α,β-unsaturated/α-hetero) is 1. The van der Waals surface area contributed by atoms with Gasteiger partial charge in [0.05, 0.1) is 22.8 Å². The monoisotopic (exact) mass is 434 g/mol. The SMILES string of the molecule is CCOC(=O)c1c(NC(=O)CSc2nc3ncnc(N)c3[nH]2)sc(C(C)=O)c1C. The van der Waals surface area contributed by atoms with Gasteiger partial charge in [-0.1, -0.05) is 11.8 Å². The van der Waals surface area contributed by atoms with Gasteiger partial charge in [-0.2, -0.15) is 0 Å². The number of rotatable bonds is 7. The van der Waals surface area contributed by atoms with Gasteiger partial charge in [-0.15, -0.1) is 11.3 Å². The van der Waals surface area contributed by atoms with Gasteiger partial charge in [-0.25, -0.2) is 19.7 Å². The van der Waals surface area contributed by atoms with Gasteiger partial charge in [0.25, 0.3) is 0 Å². The number of carbonyl (C=O) groups is 3. The molecule has 152 valence electrons. The van der Waals surface area contributed by atoms with E-state index in [2.05, 4.69) is 25.3 Å². The fourth-order valence-corrected chi connectivity index (χ4v) is 4.35. The van der Waals surface area contributed by atoms with E-state index in [1.807, 2.05) is 0 Å². The van der Waals surface area contributed by atoms with Crippen molar-refractivity contribution in [2.45, 2.75) is 25.9 Å². The molecule has 29 heavy (non-hydrogen) atoms. The summed E-state index contributed by atoms with van der Waals surface area (Å²) in [6.45, 7) is 4.94. The maximum absolute atomic E-state index is 12.4. The number of nitrogens with zero attached hydrogens (tertiary/aromatic N) is 3. The number of carbonyl (C=O) groups excluding carboxylic acids is 3. The molecule has 12 heteroatoms. The molecule has 0 aliphatic carbocycles. The van der Waals surface area contributed by atoms with E-state index in [1.54, 1.807) is 13.8 Å². The van der Waals surface area contributed by atoms with Crippen LogP contribution >= 0.6 is 23.1 Å². The number of nitrogens with one attached hydrogen (secondary N) is 2. The average molecular weight is 435 g/mol. The summed E-state index contributed by atoms with van der Waals surface area (Å²) < 4.78 is 5.06. The second-order valence-corrected chi connectivity index (χ2v) is 7.86. The highest BCUT2D eigenvalue weighted by molar-refractivity contribution is 7.99. The highest BCUT2D eigenvalue weighted by atomic mass is 32.2. The summed E-state index contributed by atoms with van der Waals surface area (Å²) >= 11 is 2.20. The number of H-pyrrole nitrogens is 1. The molecule has 0 bridgehead atoms. The standard InChI is InChI=1S/C17H18N6O4S2/c1-4-27-16(26)10-7(2)12(8(3)24)29-15(10)21-9(25)5-28-17-22-11-13(18)19-6-20-14(11)23-17/h6H,4-5H2,1-3H3,(H,21,25)(H3,18,19,20,22,23). The molecule has 0 atom stereocenters.